The number of ether oxygens (including phenoxy) is 1. The van der Waals surface area contributed by atoms with Gasteiger partial charge in [-0.1, -0.05) is 35.5 Å². The van der Waals surface area contributed by atoms with E-state index < -0.39 is 0 Å². The summed E-state index contributed by atoms with van der Waals surface area (Å²) >= 11 is 1.44. The normalized spacial score (nSPS) is 14.0. The minimum absolute atomic E-state index is 0.138. The second-order valence-electron chi connectivity index (χ2n) is 7.59. The Bertz CT molecular complexity index is 1040. The Kier molecular flexibility index (Phi) is 6.46. The van der Waals surface area contributed by atoms with E-state index in [1.54, 1.807) is 7.11 Å². The van der Waals surface area contributed by atoms with E-state index >= 15 is 0 Å². The fourth-order valence-electron chi connectivity index (χ4n) is 3.70. The number of rotatable bonds is 6. The van der Waals surface area contributed by atoms with Crippen molar-refractivity contribution < 1.29 is 9.53 Å². The molecule has 0 saturated carbocycles. The number of benzene rings is 2. The molecule has 1 fully saturated rings. The first kappa shape index (κ1) is 21.2. The van der Waals surface area contributed by atoms with Crippen LogP contribution in [0.15, 0.2) is 53.7 Å². The van der Waals surface area contributed by atoms with Crippen LogP contribution in [0.2, 0.25) is 0 Å². The first-order valence-electron chi connectivity index (χ1n) is 10.3. The smallest absolute Gasteiger partial charge is 0.233 e. The molecule has 31 heavy (non-hydrogen) atoms. The van der Waals surface area contributed by atoms with Crippen LogP contribution < -0.4 is 9.64 Å². The van der Waals surface area contributed by atoms with Crippen LogP contribution in [0.3, 0.4) is 0 Å². The number of amides is 1. The Morgan fingerprint density at radius 1 is 1.06 bits per heavy atom. The number of methoxy groups -OCH3 is 1. The third-order valence-electron chi connectivity index (χ3n) is 5.51. The summed E-state index contributed by atoms with van der Waals surface area (Å²) in [6.45, 7) is 5.15. The Balaban J connectivity index is 1.31. The van der Waals surface area contributed by atoms with Crippen LogP contribution in [0, 0.1) is 6.92 Å². The fourth-order valence-corrected chi connectivity index (χ4v) is 4.51. The molecular weight excluding hydrogens is 410 g/mol. The molecule has 162 valence electrons. The van der Waals surface area contributed by atoms with Gasteiger partial charge in [0.2, 0.25) is 5.91 Å². The average molecular weight is 438 g/mol. The lowest BCUT2D eigenvalue weighted by Crippen LogP contribution is -2.49. The van der Waals surface area contributed by atoms with Crippen molar-refractivity contribution in [2.24, 2.45) is 7.05 Å². The first-order valence-corrected chi connectivity index (χ1v) is 11.3. The number of nitrogens with zero attached hydrogens (tertiary/aromatic N) is 5. The molecule has 1 amide bonds. The molecule has 0 spiro atoms. The van der Waals surface area contributed by atoms with Crippen molar-refractivity contribution in [1.82, 2.24) is 19.7 Å². The number of thioether (sulfide) groups is 1. The molecule has 0 bridgehead atoms. The van der Waals surface area contributed by atoms with Crippen molar-refractivity contribution in [3.05, 3.63) is 54.1 Å². The Morgan fingerprint density at radius 2 is 1.81 bits per heavy atom. The van der Waals surface area contributed by atoms with Crippen LogP contribution in [0.4, 0.5) is 5.69 Å². The zero-order valence-corrected chi connectivity index (χ0v) is 18.9. The highest BCUT2D eigenvalue weighted by Gasteiger charge is 2.22. The summed E-state index contributed by atoms with van der Waals surface area (Å²) in [5, 5.41) is 9.37. The summed E-state index contributed by atoms with van der Waals surface area (Å²) in [6, 6.07) is 16.2. The third-order valence-corrected chi connectivity index (χ3v) is 6.51. The van der Waals surface area contributed by atoms with E-state index in [0.29, 0.717) is 5.75 Å². The van der Waals surface area contributed by atoms with Gasteiger partial charge in [0.25, 0.3) is 0 Å². The summed E-state index contributed by atoms with van der Waals surface area (Å²) in [6.07, 6.45) is 0. The number of aryl methyl sites for hydroxylation is 1. The zero-order valence-electron chi connectivity index (χ0n) is 18.1. The van der Waals surface area contributed by atoms with Gasteiger partial charge in [0.15, 0.2) is 11.0 Å². The molecule has 3 aromatic rings. The molecule has 0 unspecified atom stereocenters. The van der Waals surface area contributed by atoms with Gasteiger partial charge in [-0.25, -0.2) is 0 Å². The van der Waals surface area contributed by atoms with Crippen molar-refractivity contribution in [3.8, 4) is 17.1 Å². The van der Waals surface area contributed by atoms with Crippen LogP contribution in [0.1, 0.15) is 5.56 Å². The molecule has 0 aliphatic carbocycles. The molecule has 4 rings (SSSR count). The number of aromatic nitrogens is 3. The van der Waals surface area contributed by atoms with Crippen molar-refractivity contribution in [1.29, 1.82) is 0 Å². The monoisotopic (exact) mass is 437 g/mol. The number of anilines is 1. The van der Waals surface area contributed by atoms with Gasteiger partial charge in [-0.3, -0.25) is 4.79 Å². The largest absolute Gasteiger partial charge is 0.497 e. The molecule has 0 atom stereocenters. The summed E-state index contributed by atoms with van der Waals surface area (Å²) in [4.78, 5) is 17.0. The summed E-state index contributed by atoms with van der Waals surface area (Å²) in [7, 11) is 3.61. The van der Waals surface area contributed by atoms with Crippen molar-refractivity contribution in [3.63, 3.8) is 0 Å². The van der Waals surface area contributed by atoms with Gasteiger partial charge in [0, 0.05) is 44.5 Å². The van der Waals surface area contributed by atoms with E-state index in [9.17, 15) is 4.79 Å². The molecule has 1 aliphatic rings. The Labute approximate surface area is 187 Å². The highest BCUT2D eigenvalue weighted by atomic mass is 32.2. The number of hydrogen-bond acceptors (Lipinski definition) is 6. The van der Waals surface area contributed by atoms with Crippen LogP contribution >= 0.6 is 11.8 Å². The quantitative estimate of drug-likeness (QED) is 0.552. The number of carbonyl (C=O) groups excluding carboxylic acids is 1. The van der Waals surface area contributed by atoms with E-state index in [-0.39, 0.29) is 5.91 Å². The molecular formula is C23H27N5O2S. The molecule has 0 radical (unpaired) electrons. The van der Waals surface area contributed by atoms with Gasteiger partial charge in [0.1, 0.15) is 5.75 Å². The van der Waals surface area contributed by atoms with E-state index in [4.69, 9.17) is 4.74 Å². The highest BCUT2D eigenvalue weighted by Crippen LogP contribution is 2.24. The topological polar surface area (TPSA) is 63.5 Å². The van der Waals surface area contributed by atoms with Crippen LogP contribution in [0.25, 0.3) is 11.4 Å². The minimum atomic E-state index is 0.138. The minimum Gasteiger partial charge on any atom is -0.497 e. The maximum atomic E-state index is 12.7. The second kappa shape index (κ2) is 9.43. The van der Waals surface area contributed by atoms with Gasteiger partial charge in [-0.2, -0.15) is 0 Å². The maximum absolute atomic E-state index is 12.7. The van der Waals surface area contributed by atoms with Crippen LogP contribution in [-0.4, -0.2) is 64.6 Å². The second-order valence-corrected chi connectivity index (χ2v) is 8.53. The van der Waals surface area contributed by atoms with E-state index in [1.807, 2.05) is 40.8 Å². The van der Waals surface area contributed by atoms with Gasteiger partial charge >= 0.3 is 0 Å². The molecule has 0 N–H and O–H groups in total. The number of hydrogen-bond donors (Lipinski definition) is 0. The standard InChI is InChI=1S/C23H27N5O2S/c1-17-5-4-6-18(15-17)22-24-25-23(26(22)2)31-16-21(29)28-13-11-27(12-14-28)19-7-9-20(30-3)10-8-19/h4-10,15H,11-14,16H2,1-3H3. The van der Waals surface area contributed by atoms with Gasteiger partial charge in [-0.15, -0.1) is 10.2 Å². The Morgan fingerprint density at radius 3 is 2.48 bits per heavy atom. The third kappa shape index (κ3) is 4.85. The van der Waals surface area contributed by atoms with Crippen molar-refractivity contribution in [2.75, 3.05) is 43.9 Å². The zero-order chi connectivity index (χ0) is 21.8. The maximum Gasteiger partial charge on any atom is 0.233 e. The molecule has 7 nitrogen and oxygen atoms in total. The van der Waals surface area contributed by atoms with Crippen LogP contribution in [0.5, 0.6) is 5.75 Å². The predicted octanol–water partition coefficient (Wildman–Crippen LogP) is 3.24. The van der Waals surface area contributed by atoms with Gasteiger partial charge in [0.05, 0.1) is 12.9 Å². The molecule has 8 heteroatoms. The van der Waals surface area contributed by atoms with E-state index in [2.05, 4.69) is 46.3 Å². The SMILES string of the molecule is COc1ccc(N2CCN(C(=O)CSc3nnc(-c4cccc(C)c4)n3C)CC2)cc1. The summed E-state index contributed by atoms with van der Waals surface area (Å²) in [5.74, 6) is 2.16. The molecule has 1 aromatic heterocycles. The van der Waals surface area contributed by atoms with Gasteiger partial charge in [-0.05, 0) is 37.3 Å². The summed E-state index contributed by atoms with van der Waals surface area (Å²) in [5.41, 5.74) is 3.37. The first-order chi connectivity index (χ1) is 15.0. The average Bonchev–Trinajstić information content (AvgIpc) is 3.18. The molecule has 1 saturated heterocycles. The lowest BCUT2D eigenvalue weighted by Gasteiger charge is -2.36. The van der Waals surface area contributed by atoms with Crippen LogP contribution in [-0.2, 0) is 11.8 Å². The lowest BCUT2D eigenvalue weighted by atomic mass is 10.1. The van der Waals surface area contributed by atoms with E-state index in [1.165, 1.54) is 17.3 Å². The number of carbonyl (C=O) groups is 1. The fraction of sp³-hybridized carbons (Fsp3) is 0.348. The number of piperazine rings is 1. The predicted molar refractivity (Wildman–Crippen MR) is 124 cm³/mol. The lowest BCUT2D eigenvalue weighted by molar-refractivity contribution is -0.128. The highest BCUT2D eigenvalue weighted by molar-refractivity contribution is 7.99. The van der Waals surface area contributed by atoms with E-state index in [0.717, 1.165) is 54.2 Å². The van der Waals surface area contributed by atoms with Crippen molar-refractivity contribution >= 4 is 23.4 Å². The molecule has 2 aromatic carbocycles. The van der Waals surface area contributed by atoms with Crippen molar-refractivity contribution in [2.45, 2.75) is 12.1 Å². The molecule has 1 aliphatic heterocycles. The Hall–Kier alpha value is -3.00. The van der Waals surface area contributed by atoms with Gasteiger partial charge < -0.3 is 19.1 Å². The molecule has 2 heterocycles. The summed E-state index contributed by atoms with van der Waals surface area (Å²) < 4.78 is 7.18.